The van der Waals surface area contributed by atoms with Gasteiger partial charge in [0, 0.05) is 0 Å². The van der Waals surface area contributed by atoms with Crippen LogP contribution in [0.15, 0.2) is 18.2 Å². The Hall–Kier alpha value is -1.55. The lowest BCUT2D eigenvalue weighted by molar-refractivity contribution is -0.139. The van der Waals surface area contributed by atoms with Gasteiger partial charge in [-0.15, -0.1) is 0 Å². The molecule has 5 heteroatoms. The van der Waals surface area contributed by atoms with Gasteiger partial charge < -0.3 is 10.4 Å². The number of carboxylic acids is 1. The van der Waals surface area contributed by atoms with Crippen molar-refractivity contribution in [1.29, 1.82) is 0 Å². The minimum absolute atomic E-state index is 0.0510. The number of hydrogen-bond acceptors (Lipinski definition) is 2. The maximum absolute atomic E-state index is 12.0. The van der Waals surface area contributed by atoms with E-state index in [1.807, 2.05) is 0 Å². The predicted molar refractivity (Wildman–Crippen MR) is 67.8 cm³/mol. The lowest BCUT2D eigenvalue weighted by Gasteiger charge is -2.14. The van der Waals surface area contributed by atoms with Gasteiger partial charge in [-0.25, -0.2) is 4.79 Å². The molecule has 1 fully saturated rings. The molecule has 2 rings (SSSR count). The molecular formula is C13H14ClNO3. The SMILES string of the molecule is Cc1cccc(C(=O)NC(C(=O)O)C2CC2)c1Cl. The summed E-state index contributed by atoms with van der Waals surface area (Å²) in [6.45, 7) is 1.80. The summed E-state index contributed by atoms with van der Waals surface area (Å²) in [6.07, 6.45) is 1.69. The summed E-state index contributed by atoms with van der Waals surface area (Å²) in [7, 11) is 0. The second-order valence-electron chi connectivity index (χ2n) is 4.56. The molecule has 1 saturated carbocycles. The summed E-state index contributed by atoms with van der Waals surface area (Å²) >= 11 is 6.04. The van der Waals surface area contributed by atoms with E-state index >= 15 is 0 Å². The molecule has 18 heavy (non-hydrogen) atoms. The van der Waals surface area contributed by atoms with Crippen LogP contribution in [0.5, 0.6) is 0 Å². The molecule has 0 saturated heterocycles. The van der Waals surface area contributed by atoms with Crippen LogP contribution in [-0.2, 0) is 4.79 Å². The number of nitrogens with one attached hydrogen (secondary N) is 1. The third kappa shape index (κ3) is 2.64. The van der Waals surface area contributed by atoms with Crippen LogP contribution in [0.3, 0.4) is 0 Å². The second-order valence-corrected chi connectivity index (χ2v) is 4.94. The highest BCUT2D eigenvalue weighted by atomic mass is 35.5. The molecule has 0 aromatic heterocycles. The van der Waals surface area contributed by atoms with Crippen molar-refractivity contribution < 1.29 is 14.7 Å². The Morgan fingerprint density at radius 2 is 2.11 bits per heavy atom. The highest BCUT2D eigenvalue weighted by molar-refractivity contribution is 6.34. The van der Waals surface area contributed by atoms with E-state index < -0.39 is 17.9 Å². The first-order chi connectivity index (χ1) is 8.50. The van der Waals surface area contributed by atoms with Crippen molar-refractivity contribution in [3.8, 4) is 0 Å². The molecule has 0 heterocycles. The van der Waals surface area contributed by atoms with Crippen molar-refractivity contribution in [2.45, 2.75) is 25.8 Å². The van der Waals surface area contributed by atoms with Crippen LogP contribution >= 0.6 is 11.6 Å². The van der Waals surface area contributed by atoms with Gasteiger partial charge in [0.2, 0.25) is 0 Å². The molecule has 0 bridgehead atoms. The van der Waals surface area contributed by atoms with E-state index in [0.29, 0.717) is 10.6 Å². The van der Waals surface area contributed by atoms with Crippen LogP contribution in [0.2, 0.25) is 5.02 Å². The normalized spacial score (nSPS) is 16.1. The summed E-state index contributed by atoms with van der Waals surface area (Å²) in [5.41, 5.74) is 1.12. The lowest BCUT2D eigenvalue weighted by Crippen LogP contribution is -2.42. The van der Waals surface area contributed by atoms with Gasteiger partial charge in [-0.2, -0.15) is 0 Å². The van der Waals surface area contributed by atoms with E-state index in [0.717, 1.165) is 18.4 Å². The zero-order chi connectivity index (χ0) is 13.3. The average Bonchev–Trinajstić information content (AvgIpc) is 3.13. The highest BCUT2D eigenvalue weighted by Gasteiger charge is 2.37. The Labute approximate surface area is 110 Å². The van der Waals surface area contributed by atoms with Crippen LogP contribution in [0.1, 0.15) is 28.8 Å². The van der Waals surface area contributed by atoms with Crippen molar-refractivity contribution in [2.75, 3.05) is 0 Å². The standard InChI is InChI=1S/C13H14ClNO3/c1-7-3-2-4-9(10(7)14)12(16)15-11(13(17)18)8-5-6-8/h2-4,8,11H,5-6H2,1H3,(H,15,16)(H,17,18). The Morgan fingerprint density at radius 1 is 1.44 bits per heavy atom. The topological polar surface area (TPSA) is 66.4 Å². The molecule has 96 valence electrons. The van der Waals surface area contributed by atoms with Crippen molar-refractivity contribution in [3.63, 3.8) is 0 Å². The summed E-state index contributed by atoms with van der Waals surface area (Å²) < 4.78 is 0. The fourth-order valence-corrected chi connectivity index (χ4v) is 2.06. The van der Waals surface area contributed by atoms with Crippen molar-refractivity contribution in [1.82, 2.24) is 5.32 Å². The molecule has 0 aliphatic heterocycles. The monoisotopic (exact) mass is 267 g/mol. The van der Waals surface area contributed by atoms with Gasteiger partial charge in [0.05, 0.1) is 10.6 Å². The quantitative estimate of drug-likeness (QED) is 0.879. The Morgan fingerprint density at radius 3 is 2.67 bits per heavy atom. The number of amides is 1. The predicted octanol–water partition coefficient (Wildman–Crippen LogP) is 2.24. The summed E-state index contributed by atoms with van der Waals surface area (Å²) in [4.78, 5) is 23.1. The number of carbonyl (C=O) groups excluding carboxylic acids is 1. The van der Waals surface area contributed by atoms with E-state index in [-0.39, 0.29) is 5.92 Å². The van der Waals surface area contributed by atoms with Crippen LogP contribution in [0.4, 0.5) is 0 Å². The smallest absolute Gasteiger partial charge is 0.326 e. The fraction of sp³-hybridized carbons (Fsp3) is 0.385. The zero-order valence-corrected chi connectivity index (χ0v) is 10.7. The molecular weight excluding hydrogens is 254 g/mol. The summed E-state index contributed by atoms with van der Waals surface area (Å²) in [6, 6.07) is 4.31. The van der Waals surface area contributed by atoms with Gasteiger partial charge in [-0.05, 0) is 37.3 Å². The fourth-order valence-electron chi connectivity index (χ4n) is 1.85. The first-order valence-electron chi connectivity index (χ1n) is 5.79. The third-order valence-electron chi connectivity index (χ3n) is 3.08. The van der Waals surface area contributed by atoms with E-state index in [1.54, 1.807) is 25.1 Å². The number of rotatable bonds is 4. The second kappa shape index (κ2) is 4.98. The third-order valence-corrected chi connectivity index (χ3v) is 3.58. The van der Waals surface area contributed by atoms with Crippen molar-refractivity contribution in [3.05, 3.63) is 34.3 Å². The first-order valence-corrected chi connectivity index (χ1v) is 6.17. The van der Waals surface area contributed by atoms with Crippen LogP contribution < -0.4 is 5.32 Å². The number of hydrogen-bond donors (Lipinski definition) is 2. The Bertz CT molecular complexity index is 497. The number of aryl methyl sites for hydroxylation is 1. The molecule has 1 unspecified atom stereocenters. The molecule has 1 aromatic rings. The molecule has 2 N–H and O–H groups in total. The minimum atomic E-state index is -0.991. The van der Waals surface area contributed by atoms with Gasteiger partial charge in [0.15, 0.2) is 0 Å². The first kappa shape index (κ1) is 12.9. The van der Waals surface area contributed by atoms with Gasteiger partial charge in [-0.1, -0.05) is 23.7 Å². The Balaban J connectivity index is 2.16. The number of halogens is 1. The zero-order valence-electron chi connectivity index (χ0n) is 9.94. The van der Waals surface area contributed by atoms with Crippen LogP contribution in [-0.4, -0.2) is 23.0 Å². The van der Waals surface area contributed by atoms with E-state index in [4.69, 9.17) is 16.7 Å². The molecule has 1 aromatic carbocycles. The number of aliphatic carboxylic acids is 1. The summed E-state index contributed by atoms with van der Waals surface area (Å²) in [5, 5.41) is 12.0. The molecule has 0 spiro atoms. The van der Waals surface area contributed by atoms with Crippen LogP contribution in [0, 0.1) is 12.8 Å². The molecule has 0 radical (unpaired) electrons. The molecule has 1 aliphatic rings. The van der Waals surface area contributed by atoms with Crippen molar-refractivity contribution in [2.24, 2.45) is 5.92 Å². The maximum Gasteiger partial charge on any atom is 0.326 e. The average molecular weight is 268 g/mol. The van der Waals surface area contributed by atoms with Gasteiger partial charge in [0.1, 0.15) is 6.04 Å². The Kier molecular flexibility index (Phi) is 3.57. The van der Waals surface area contributed by atoms with Gasteiger partial charge in [-0.3, -0.25) is 4.79 Å². The van der Waals surface area contributed by atoms with Gasteiger partial charge in [0.25, 0.3) is 5.91 Å². The lowest BCUT2D eigenvalue weighted by atomic mass is 10.1. The maximum atomic E-state index is 12.0. The van der Waals surface area contributed by atoms with E-state index in [1.165, 1.54) is 0 Å². The summed E-state index contributed by atoms with van der Waals surface area (Å²) in [5.74, 6) is -1.37. The van der Waals surface area contributed by atoms with E-state index in [2.05, 4.69) is 5.32 Å². The molecule has 1 aliphatic carbocycles. The number of benzene rings is 1. The number of carboxylic acid groups (broad SMARTS) is 1. The molecule has 1 amide bonds. The highest BCUT2D eigenvalue weighted by Crippen LogP contribution is 2.33. The van der Waals surface area contributed by atoms with Crippen LogP contribution in [0.25, 0.3) is 0 Å². The van der Waals surface area contributed by atoms with Gasteiger partial charge >= 0.3 is 5.97 Å². The minimum Gasteiger partial charge on any atom is -0.480 e. The van der Waals surface area contributed by atoms with E-state index in [9.17, 15) is 9.59 Å². The molecule has 4 nitrogen and oxygen atoms in total. The number of carbonyl (C=O) groups is 2. The molecule has 1 atom stereocenters. The van der Waals surface area contributed by atoms with Crippen molar-refractivity contribution >= 4 is 23.5 Å². The largest absolute Gasteiger partial charge is 0.480 e.